The minimum absolute atomic E-state index is 0.0885. The van der Waals surface area contributed by atoms with Crippen LogP contribution in [0.3, 0.4) is 0 Å². The predicted molar refractivity (Wildman–Crippen MR) is 162 cm³/mol. The van der Waals surface area contributed by atoms with Gasteiger partial charge in [0.1, 0.15) is 18.3 Å². The summed E-state index contributed by atoms with van der Waals surface area (Å²) < 4.78 is 45.4. The van der Waals surface area contributed by atoms with Gasteiger partial charge in [0.2, 0.25) is 11.8 Å². The Bertz CT molecular complexity index is 1430. The number of likely N-dealkylation sites (N-methyl/N-ethyl adjacent to an activating group) is 1. The Labute approximate surface area is 248 Å². The van der Waals surface area contributed by atoms with Gasteiger partial charge in [0.05, 0.1) is 31.4 Å². The first-order valence-corrected chi connectivity index (χ1v) is 15.2. The molecule has 0 saturated heterocycles. The third-order valence-corrected chi connectivity index (χ3v) is 8.43. The number of nitrogens with one attached hydrogen (secondary N) is 1. The number of benzene rings is 3. The summed E-state index contributed by atoms with van der Waals surface area (Å²) in [4.78, 5) is 28.1. The van der Waals surface area contributed by atoms with E-state index in [2.05, 4.69) is 5.32 Å². The number of ether oxygens (including phenoxy) is 3. The lowest BCUT2D eigenvalue weighted by Gasteiger charge is -2.32. The largest absolute Gasteiger partial charge is 0.494 e. The molecule has 1 N–H and O–H groups in total. The van der Waals surface area contributed by atoms with Crippen LogP contribution in [0.5, 0.6) is 17.2 Å². The van der Waals surface area contributed by atoms with Crippen LogP contribution in [0.4, 0.5) is 5.69 Å². The number of carbonyl (C=O) groups is 2. The van der Waals surface area contributed by atoms with Crippen molar-refractivity contribution < 1.29 is 32.2 Å². The van der Waals surface area contributed by atoms with E-state index in [1.807, 2.05) is 37.3 Å². The van der Waals surface area contributed by atoms with Crippen LogP contribution >= 0.6 is 0 Å². The highest BCUT2D eigenvalue weighted by Crippen LogP contribution is 2.33. The molecule has 42 heavy (non-hydrogen) atoms. The zero-order valence-electron chi connectivity index (χ0n) is 24.7. The van der Waals surface area contributed by atoms with Gasteiger partial charge in [0.15, 0.2) is 11.5 Å². The van der Waals surface area contributed by atoms with Crippen molar-refractivity contribution in [2.75, 3.05) is 44.8 Å². The fraction of sp³-hybridized carbons (Fsp3) is 0.355. The van der Waals surface area contributed by atoms with Gasteiger partial charge in [-0.05, 0) is 69.2 Å². The molecule has 0 aliphatic carbocycles. The Hall–Kier alpha value is -4.25. The second kappa shape index (κ2) is 15.1. The molecular formula is C31H39N3O7S. The lowest BCUT2D eigenvalue weighted by molar-refractivity contribution is -0.138. The summed E-state index contributed by atoms with van der Waals surface area (Å²) >= 11 is 0. The van der Waals surface area contributed by atoms with Crippen molar-refractivity contribution in [2.45, 2.75) is 38.1 Å². The minimum atomic E-state index is -4.28. The van der Waals surface area contributed by atoms with Crippen LogP contribution in [0.1, 0.15) is 26.3 Å². The van der Waals surface area contributed by atoms with E-state index >= 15 is 0 Å². The van der Waals surface area contributed by atoms with Gasteiger partial charge >= 0.3 is 0 Å². The summed E-state index contributed by atoms with van der Waals surface area (Å²) in [5.74, 6) is 0.302. The monoisotopic (exact) mass is 597 g/mol. The number of amides is 2. The van der Waals surface area contributed by atoms with Crippen LogP contribution in [0.2, 0.25) is 0 Å². The van der Waals surface area contributed by atoms with Crippen molar-refractivity contribution in [1.29, 1.82) is 0 Å². The number of carbonyl (C=O) groups excluding carboxylic acids is 2. The number of hydrogen-bond acceptors (Lipinski definition) is 7. The van der Waals surface area contributed by atoms with E-state index in [4.69, 9.17) is 14.2 Å². The smallest absolute Gasteiger partial charge is 0.264 e. The molecule has 10 nitrogen and oxygen atoms in total. The first-order valence-electron chi connectivity index (χ1n) is 13.7. The van der Waals surface area contributed by atoms with Gasteiger partial charge in [0.25, 0.3) is 10.0 Å². The summed E-state index contributed by atoms with van der Waals surface area (Å²) in [6.07, 6.45) is 0.488. The molecule has 1 atom stereocenters. The van der Waals surface area contributed by atoms with E-state index in [-0.39, 0.29) is 28.8 Å². The molecule has 1 unspecified atom stereocenters. The van der Waals surface area contributed by atoms with E-state index in [9.17, 15) is 18.0 Å². The van der Waals surface area contributed by atoms with Crippen LogP contribution in [0.25, 0.3) is 0 Å². The van der Waals surface area contributed by atoms with Crippen molar-refractivity contribution in [3.05, 3.63) is 78.4 Å². The third-order valence-electron chi connectivity index (χ3n) is 6.66. The average molecular weight is 598 g/mol. The van der Waals surface area contributed by atoms with Gasteiger partial charge in [-0.25, -0.2) is 8.42 Å². The molecule has 3 aromatic carbocycles. The summed E-state index contributed by atoms with van der Waals surface area (Å²) in [6, 6.07) is 19.4. The number of sulfonamides is 1. The van der Waals surface area contributed by atoms with Crippen LogP contribution in [0.15, 0.2) is 77.7 Å². The minimum Gasteiger partial charge on any atom is -0.494 e. The van der Waals surface area contributed by atoms with Gasteiger partial charge in [0, 0.05) is 19.2 Å². The van der Waals surface area contributed by atoms with Crippen molar-refractivity contribution in [2.24, 2.45) is 0 Å². The van der Waals surface area contributed by atoms with E-state index in [0.717, 1.165) is 9.87 Å². The van der Waals surface area contributed by atoms with Crippen LogP contribution in [0, 0.1) is 0 Å². The molecule has 0 spiro atoms. The highest BCUT2D eigenvalue weighted by atomic mass is 32.2. The molecule has 0 heterocycles. The molecule has 2 amide bonds. The van der Waals surface area contributed by atoms with Gasteiger partial charge in [-0.15, -0.1) is 0 Å². The molecule has 11 heteroatoms. The fourth-order valence-electron chi connectivity index (χ4n) is 4.40. The molecule has 3 rings (SSSR count). The molecule has 0 aliphatic rings. The van der Waals surface area contributed by atoms with E-state index in [1.165, 1.54) is 37.3 Å². The third kappa shape index (κ3) is 7.94. The number of nitrogens with zero attached hydrogens (tertiary/aromatic N) is 2. The van der Waals surface area contributed by atoms with Gasteiger partial charge in [-0.3, -0.25) is 13.9 Å². The Balaban J connectivity index is 2.03. The van der Waals surface area contributed by atoms with Crippen molar-refractivity contribution in [3.63, 3.8) is 0 Å². The van der Waals surface area contributed by atoms with Gasteiger partial charge < -0.3 is 24.4 Å². The molecule has 0 radical (unpaired) electrons. The maximum atomic E-state index is 14.1. The van der Waals surface area contributed by atoms with Crippen molar-refractivity contribution in [1.82, 2.24) is 10.2 Å². The van der Waals surface area contributed by atoms with Crippen LogP contribution in [-0.4, -0.2) is 71.6 Å². The second-order valence-corrected chi connectivity index (χ2v) is 11.2. The molecular weight excluding hydrogens is 558 g/mol. The van der Waals surface area contributed by atoms with E-state index in [1.54, 1.807) is 38.1 Å². The number of anilines is 1. The number of methoxy groups -OCH3 is 2. The Morgan fingerprint density at radius 1 is 0.905 bits per heavy atom. The maximum absolute atomic E-state index is 14.1. The number of hydrogen-bond donors (Lipinski definition) is 1. The topological polar surface area (TPSA) is 114 Å². The summed E-state index contributed by atoms with van der Waals surface area (Å²) in [5.41, 5.74) is 1.25. The Morgan fingerprint density at radius 3 is 2.17 bits per heavy atom. The quantitative estimate of drug-likeness (QED) is 0.283. The Morgan fingerprint density at radius 2 is 1.57 bits per heavy atom. The normalized spacial score (nSPS) is 11.7. The van der Waals surface area contributed by atoms with Crippen molar-refractivity contribution >= 4 is 27.5 Å². The van der Waals surface area contributed by atoms with E-state index in [0.29, 0.717) is 31.1 Å². The molecule has 3 aromatic rings. The average Bonchev–Trinajstić information content (AvgIpc) is 3.00. The highest BCUT2D eigenvalue weighted by Gasteiger charge is 2.32. The molecule has 0 aromatic heterocycles. The number of rotatable bonds is 15. The van der Waals surface area contributed by atoms with Crippen LogP contribution < -0.4 is 23.8 Å². The lowest BCUT2D eigenvalue weighted by Crippen LogP contribution is -2.52. The maximum Gasteiger partial charge on any atom is 0.264 e. The van der Waals surface area contributed by atoms with E-state index < -0.39 is 28.5 Å². The molecule has 0 bridgehead atoms. The SMILES string of the molecule is CCNC(=O)C(C)N(CCc1ccccc1)C(=O)CN(c1ccc(OCC)cc1)S(=O)(=O)c1ccc(OC)c(OC)c1. The van der Waals surface area contributed by atoms with Crippen LogP contribution in [-0.2, 0) is 26.0 Å². The summed E-state index contributed by atoms with van der Waals surface area (Å²) in [7, 11) is -1.41. The zero-order valence-corrected chi connectivity index (χ0v) is 25.5. The first kappa shape index (κ1) is 32.3. The van der Waals surface area contributed by atoms with Gasteiger partial charge in [-0.2, -0.15) is 0 Å². The lowest BCUT2D eigenvalue weighted by atomic mass is 10.1. The summed E-state index contributed by atoms with van der Waals surface area (Å²) in [6.45, 7) is 5.80. The molecule has 0 aliphatic heterocycles. The zero-order chi connectivity index (χ0) is 30.7. The molecule has 0 fully saturated rings. The predicted octanol–water partition coefficient (Wildman–Crippen LogP) is 3.89. The second-order valence-electron chi connectivity index (χ2n) is 9.35. The van der Waals surface area contributed by atoms with Gasteiger partial charge in [-0.1, -0.05) is 30.3 Å². The van der Waals surface area contributed by atoms with Crippen molar-refractivity contribution in [3.8, 4) is 17.2 Å². The Kier molecular flexibility index (Phi) is 11.6. The highest BCUT2D eigenvalue weighted by molar-refractivity contribution is 7.92. The first-order chi connectivity index (χ1) is 20.2. The standard InChI is InChI=1S/C31H39N3O7S/c1-6-32-31(36)23(3)33(20-19-24-11-9-8-10-12-24)30(35)22-34(25-13-15-26(16-14-25)41-7-2)42(37,38)27-17-18-28(39-4)29(21-27)40-5/h8-18,21,23H,6-7,19-20,22H2,1-5H3,(H,32,36). The molecule has 226 valence electrons. The fourth-order valence-corrected chi connectivity index (χ4v) is 5.83. The summed E-state index contributed by atoms with van der Waals surface area (Å²) in [5, 5.41) is 2.76. The molecule has 0 saturated carbocycles.